The first kappa shape index (κ1) is 16.7. The second-order valence-electron chi connectivity index (χ2n) is 4.76. The van der Waals surface area contributed by atoms with Gasteiger partial charge in [0.15, 0.2) is 0 Å². The van der Waals surface area contributed by atoms with E-state index in [1.165, 1.54) is 0 Å². The molecule has 0 saturated carbocycles. The molecule has 0 amide bonds. The van der Waals surface area contributed by atoms with Gasteiger partial charge in [0.05, 0.1) is 18.9 Å². The van der Waals surface area contributed by atoms with E-state index in [0.717, 1.165) is 5.56 Å². The molecule has 2 rings (SSSR count). The number of aryl methyl sites for hydroxylation is 2. The lowest BCUT2D eigenvalue weighted by Gasteiger charge is -2.04. The van der Waals surface area contributed by atoms with Gasteiger partial charge in [0.25, 0.3) is 5.76 Å². The number of benzene rings is 1. The molecule has 6 heteroatoms. The summed E-state index contributed by atoms with van der Waals surface area (Å²) < 4.78 is 14.9. The van der Waals surface area contributed by atoms with Crippen LogP contribution in [0.3, 0.4) is 0 Å². The molecule has 0 radical (unpaired) electrons. The third-order valence-corrected chi connectivity index (χ3v) is 3.20. The molecule has 23 heavy (non-hydrogen) atoms. The third kappa shape index (κ3) is 4.18. The van der Waals surface area contributed by atoms with Crippen LogP contribution in [0.4, 0.5) is 0 Å². The van der Waals surface area contributed by atoms with Gasteiger partial charge in [-0.3, -0.25) is 0 Å². The third-order valence-electron chi connectivity index (χ3n) is 3.20. The van der Waals surface area contributed by atoms with Gasteiger partial charge < -0.3 is 14.0 Å². The number of esters is 2. The Bertz CT molecular complexity index is 663. The number of rotatable bonds is 7. The molecule has 0 N–H and O–H groups in total. The van der Waals surface area contributed by atoms with E-state index in [0.29, 0.717) is 18.5 Å². The van der Waals surface area contributed by atoms with Gasteiger partial charge in [-0.05, 0) is 32.3 Å². The predicted molar refractivity (Wildman–Crippen MR) is 82.3 cm³/mol. The molecule has 1 aromatic heterocycles. The molecule has 0 fully saturated rings. The van der Waals surface area contributed by atoms with Crippen LogP contribution >= 0.6 is 0 Å². The Morgan fingerprint density at radius 1 is 1.00 bits per heavy atom. The van der Waals surface area contributed by atoms with Crippen LogP contribution in [0.25, 0.3) is 0 Å². The predicted octanol–water partition coefficient (Wildman–Crippen LogP) is 2.81. The van der Waals surface area contributed by atoms with Crippen molar-refractivity contribution in [3.05, 3.63) is 52.9 Å². The molecule has 2 aromatic rings. The van der Waals surface area contributed by atoms with Gasteiger partial charge >= 0.3 is 11.9 Å². The first-order valence-corrected chi connectivity index (χ1v) is 7.54. The van der Waals surface area contributed by atoms with E-state index in [1.54, 1.807) is 13.8 Å². The minimum Gasteiger partial charge on any atom is -0.462 e. The summed E-state index contributed by atoms with van der Waals surface area (Å²) in [6.45, 7) is 3.75. The van der Waals surface area contributed by atoms with Crippen molar-refractivity contribution in [3.8, 4) is 0 Å². The highest BCUT2D eigenvalue weighted by Crippen LogP contribution is 2.19. The number of ether oxygens (including phenoxy) is 2. The van der Waals surface area contributed by atoms with Gasteiger partial charge in [-0.1, -0.05) is 35.5 Å². The lowest BCUT2D eigenvalue weighted by atomic mass is 10.0. The Labute approximate surface area is 134 Å². The Morgan fingerprint density at radius 2 is 1.65 bits per heavy atom. The minimum absolute atomic E-state index is 0.0567. The zero-order valence-corrected chi connectivity index (χ0v) is 13.2. The molecule has 0 unspecified atom stereocenters. The number of hydrogen-bond acceptors (Lipinski definition) is 6. The number of aromatic nitrogens is 1. The first-order valence-electron chi connectivity index (χ1n) is 7.54. The van der Waals surface area contributed by atoms with Crippen LogP contribution in [-0.4, -0.2) is 30.3 Å². The maximum Gasteiger partial charge on any atom is 0.378 e. The maximum absolute atomic E-state index is 12.1. The fourth-order valence-corrected chi connectivity index (χ4v) is 2.15. The van der Waals surface area contributed by atoms with Gasteiger partial charge in [0.1, 0.15) is 5.56 Å². The van der Waals surface area contributed by atoms with Gasteiger partial charge in [-0.15, -0.1) is 0 Å². The van der Waals surface area contributed by atoms with Crippen molar-refractivity contribution in [1.29, 1.82) is 0 Å². The highest BCUT2D eigenvalue weighted by molar-refractivity contribution is 6.02. The molecule has 0 aliphatic carbocycles. The molecular formula is C17H19NO5. The Balaban J connectivity index is 2.24. The number of nitrogens with zero attached hydrogens (tertiary/aromatic N) is 1. The van der Waals surface area contributed by atoms with E-state index >= 15 is 0 Å². The van der Waals surface area contributed by atoms with Crippen LogP contribution in [-0.2, 0) is 22.3 Å². The van der Waals surface area contributed by atoms with Crippen molar-refractivity contribution in [2.75, 3.05) is 13.2 Å². The summed E-state index contributed by atoms with van der Waals surface area (Å²) in [7, 11) is 0. The quantitative estimate of drug-likeness (QED) is 0.731. The summed E-state index contributed by atoms with van der Waals surface area (Å²) in [6.07, 6.45) is 1.13. The fraction of sp³-hybridized carbons (Fsp3) is 0.353. The lowest BCUT2D eigenvalue weighted by Crippen LogP contribution is -2.14. The van der Waals surface area contributed by atoms with E-state index in [9.17, 15) is 9.59 Å². The zero-order valence-electron chi connectivity index (χ0n) is 13.2. The van der Waals surface area contributed by atoms with Gasteiger partial charge in [0, 0.05) is 0 Å². The van der Waals surface area contributed by atoms with Crippen LogP contribution < -0.4 is 0 Å². The lowest BCUT2D eigenvalue weighted by molar-refractivity contribution is 0.0445. The van der Waals surface area contributed by atoms with Crippen LogP contribution in [0.5, 0.6) is 0 Å². The second kappa shape index (κ2) is 8.12. The van der Waals surface area contributed by atoms with Crippen LogP contribution in [0.1, 0.15) is 46.0 Å². The van der Waals surface area contributed by atoms with E-state index in [1.807, 2.05) is 30.3 Å². The van der Waals surface area contributed by atoms with Crippen molar-refractivity contribution in [3.63, 3.8) is 0 Å². The Kier molecular flexibility index (Phi) is 5.91. The van der Waals surface area contributed by atoms with Gasteiger partial charge in [-0.2, -0.15) is 0 Å². The Hall–Kier alpha value is -2.63. The largest absolute Gasteiger partial charge is 0.462 e. The molecule has 0 bridgehead atoms. The molecule has 6 nitrogen and oxygen atoms in total. The van der Waals surface area contributed by atoms with Crippen LogP contribution in [0.2, 0.25) is 0 Å². The zero-order chi connectivity index (χ0) is 16.7. The van der Waals surface area contributed by atoms with E-state index in [-0.39, 0.29) is 24.5 Å². The van der Waals surface area contributed by atoms with E-state index in [4.69, 9.17) is 14.0 Å². The molecule has 0 spiro atoms. The minimum atomic E-state index is -0.714. The smallest absolute Gasteiger partial charge is 0.378 e. The van der Waals surface area contributed by atoms with E-state index < -0.39 is 11.9 Å². The molecule has 0 aliphatic rings. The monoisotopic (exact) mass is 317 g/mol. The standard InChI is InChI=1S/C17H19NO5/c1-3-21-16(19)14-13(11-10-12-8-6-5-7-9-12)18-23-15(14)17(20)22-4-2/h5-9H,3-4,10-11H2,1-2H3. The van der Waals surface area contributed by atoms with Gasteiger partial charge in [0.2, 0.25) is 0 Å². The Morgan fingerprint density at radius 3 is 2.30 bits per heavy atom. The van der Waals surface area contributed by atoms with Crippen molar-refractivity contribution in [2.45, 2.75) is 26.7 Å². The summed E-state index contributed by atoms with van der Waals surface area (Å²) in [4.78, 5) is 24.0. The topological polar surface area (TPSA) is 78.6 Å². The summed E-state index contributed by atoms with van der Waals surface area (Å²) in [5.74, 6) is -1.54. The van der Waals surface area contributed by atoms with Crippen molar-refractivity contribution in [2.24, 2.45) is 0 Å². The van der Waals surface area contributed by atoms with Crippen molar-refractivity contribution in [1.82, 2.24) is 5.16 Å². The molecule has 0 atom stereocenters. The van der Waals surface area contributed by atoms with E-state index in [2.05, 4.69) is 5.16 Å². The molecular weight excluding hydrogens is 298 g/mol. The summed E-state index contributed by atoms with van der Waals surface area (Å²) in [5, 5.41) is 3.86. The molecule has 0 saturated heterocycles. The average molecular weight is 317 g/mol. The molecule has 1 heterocycles. The fourth-order valence-electron chi connectivity index (χ4n) is 2.15. The molecule has 1 aromatic carbocycles. The van der Waals surface area contributed by atoms with Crippen LogP contribution in [0.15, 0.2) is 34.9 Å². The first-order chi connectivity index (χ1) is 11.2. The molecule has 122 valence electrons. The SMILES string of the molecule is CCOC(=O)c1onc(CCc2ccccc2)c1C(=O)OCC. The highest BCUT2D eigenvalue weighted by atomic mass is 16.6. The number of hydrogen-bond donors (Lipinski definition) is 0. The number of carbonyl (C=O) groups excluding carboxylic acids is 2. The maximum atomic E-state index is 12.1. The summed E-state index contributed by atoms with van der Waals surface area (Å²) in [5.41, 5.74) is 1.56. The highest BCUT2D eigenvalue weighted by Gasteiger charge is 2.29. The summed E-state index contributed by atoms with van der Waals surface area (Å²) >= 11 is 0. The summed E-state index contributed by atoms with van der Waals surface area (Å²) in [6, 6.07) is 9.78. The molecule has 0 aliphatic heterocycles. The van der Waals surface area contributed by atoms with Crippen molar-refractivity contribution >= 4 is 11.9 Å². The number of carbonyl (C=O) groups is 2. The van der Waals surface area contributed by atoms with Crippen LogP contribution in [0, 0.1) is 0 Å². The normalized spacial score (nSPS) is 10.3. The second-order valence-corrected chi connectivity index (χ2v) is 4.76. The average Bonchev–Trinajstić information content (AvgIpc) is 2.98. The van der Waals surface area contributed by atoms with Crippen molar-refractivity contribution < 1.29 is 23.6 Å². The van der Waals surface area contributed by atoms with Gasteiger partial charge in [-0.25, -0.2) is 9.59 Å².